The number of nitrogens with zero attached hydrogens (tertiary/aromatic N) is 2. The molecule has 3 N–H and O–H groups in total. The number of rotatable bonds is 3. The number of nitrogens with one attached hydrogen (secondary N) is 1. The van der Waals surface area contributed by atoms with E-state index in [2.05, 4.69) is 22.2 Å². The molecule has 0 spiro atoms. The van der Waals surface area contributed by atoms with Gasteiger partial charge in [-0.1, -0.05) is 6.42 Å². The highest BCUT2D eigenvalue weighted by molar-refractivity contribution is 7.11. The molecule has 1 amide bonds. The first kappa shape index (κ1) is 12.5. The molecule has 1 atom stereocenters. The van der Waals surface area contributed by atoms with Crippen LogP contribution >= 0.6 is 11.3 Å². The van der Waals surface area contributed by atoms with Gasteiger partial charge in [-0.3, -0.25) is 15.1 Å². The van der Waals surface area contributed by atoms with E-state index in [0.29, 0.717) is 11.0 Å². The summed E-state index contributed by atoms with van der Waals surface area (Å²) in [7, 11) is 0. The average molecular weight is 254 g/mol. The second kappa shape index (κ2) is 5.57. The van der Waals surface area contributed by atoms with Crippen molar-refractivity contribution >= 4 is 17.2 Å². The predicted molar refractivity (Wildman–Crippen MR) is 67.5 cm³/mol. The molecule has 0 radical (unpaired) electrons. The van der Waals surface area contributed by atoms with Crippen molar-refractivity contribution in [2.45, 2.75) is 38.8 Å². The topological polar surface area (TPSA) is 71.2 Å². The standard InChI is InChI=1S/C11H18N4OS/c1-8-4-2-3-5-15(8)6-9-7-17-11(13-9)10(16)14-12/h7-8H,2-6,12H2,1H3,(H,14,16). The maximum absolute atomic E-state index is 11.3. The second-order valence-electron chi connectivity index (χ2n) is 4.43. The molecule has 1 unspecified atom stereocenters. The molecule has 1 aliphatic rings. The van der Waals surface area contributed by atoms with Crippen molar-refractivity contribution in [3.63, 3.8) is 0 Å². The molecular weight excluding hydrogens is 236 g/mol. The number of nitrogen functional groups attached to an aromatic ring is 1. The van der Waals surface area contributed by atoms with Gasteiger partial charge in [0.05, 0.1) is 5.69 Å². The van der Waals surface area contributed by atoms with Crippen LogP contribution in [0, 0.1) is 0 Å². The van der Waals surface area contributed by atoms with Gasteiger partial charge in [-0.05, 0) is 26.3 Å². The van der Waals surface area contributed by atoms with Crippen LogP contribution in [0.1, 0.15) is 41.7 Å². The maximum Gasteiger partial charge on any atom is 0.294 e. The van der Waals surface area contributed by atoms with Crippen LogP contribution in [0.25, 0.3) is 0 Å². The monoisotopic (exact) mass is 254 g/mol. The zero-order chi connectivity index (χ0) is 12.3. The van der Waals surface area contributed by atoms with E-state index in [9.17, 15) is 4.79 Å². The van der Waals surface area contributed by atoms with Gasteiger partial charge in [-0.25, -0.2) is 10.8 Å². The van der Waals surface area contributed by atoms with Crippen molar-refractivity contribution in [3.8, 4) is 0 Å². The summed E-state index contributed by atoms with van der Waals surface area (Å²) in [6, 6.07) is 0.609. The van der Waals surface area contributed by atoms with Crippen LogP contribution in [-0.4, -0.2) is 28.4 Å². The number of thiazole rings is 1. The van der Waals surface area contributed by atoms with Crippen LogP contribution in [-0.2, 0) is 6.54 Å². The minimum Gasteiger partial charge on any atom is -0.295 e. The molecule has 0 aromatic carbocycles. The molecule has 0 aliphatic carbocycles. The fourth-order valence-electron chi connectivity index (χ4n) is 2.15. The largest absolute Gasteiger partial charge is 0.295 e. The lowest BCUT2D eigenvalue weighted by Gasteiger charge is -2.32. The second-order valence-corrected chi connectivity index (χ2v) is 5.29. The van der Waals surface area contributed by atoms with Crippen molar-refractivity contribution in [1.29, 1.82) is 0 Å². The van der Waals surface area contributed by atoms with Gasteiger partial charge in [-0.2, -0.15) is 0 Å². The molecule has 1 aromatic rings. The first-order valence-electron chi connectivity index (χ1n) is 5.90. The number of carbonyl (C=O) groups is 1. The summed E-state index contributed by atoms with van der Waals surface area (Å²) >= 11 is 1.34. The number of nitrogens with two attached hydrogens (primary N) is 1. The molecule has 94 valence electrons. The van der Waals surface area contributed by atoms with Crippen LogP contribution in [0.5, 0.6) is 0 Å². The van der Waals surface area contributed by atoms with Crippen molar-refractivity contribution in [2.75, 3.05) is 6.54 Å². The van der Waals surface area contributed by atoms with E-state index in [1.807, 2.05) is 5.38 Å². The summed E-state index contributed by atoms with van der Waals surface area (Å²) in [5, 5.41) is 2.37. The summed E-state index contributed by atoms with van der Waals surface area (Å²) < 4.78 is 0. The Morgan fingerprint density at radius 1 is 1.71 bits per heavy atom. The first-order valence-corrected chi connectivity index (χ1v) is 6.78. The Morgan fingerprint density at radius 3 is 3.24 bits per heavy atom. The van der Waals surface area contributed by atoms with Gasteiger partial charge in [0.25, 0.3) is 5.91 Å². The molecular formula is C11H18N4OS. The Hall–Kier alpha value is -0.980. The highest BCUT2D eigenvalue weighted by atomic mass is 32.1. The summed E-state index contributed by atoms with van der Waals surface area (Å²) in [5.74, 6) is 4.76. The van der Waals surface area contributed by atoms with Crippen molar-refractivity contribution in [2.24, 2.45) is 5.84 Å². The molecule has 5 nitrogen and oxygen atoms in total. The molecule has 6 heteroatoms. The molecule has 1 saturated heterocycles. The van der Waals surface area contributed by atoms with Gasteiger partial charge in [0, 0.05) is 18.0 Å². The molecule has 17 heavy (non-hydrogen) atoms. The number of hydrazine groups is 1. The third kappa shape index (κ3) is 3.02. The number of aromatic nitrogens is 1. The Morgan fingerprint density at radius 2 is 2.53 bits per heavy atom. The van der Waals surface area contributed by atoms with E-state index >= 15 is 0 Å². The Kier molecular flexibility index (Phi) is 4.09. The quantitative estimate of drug-likeness (QED) is 0.482. The third-order valence-corrected chi connectivity index (χ3v) is 4.07. The van der Waals surface area contributed by atoms with E-state index in [0.717, 1.165) is 18.8 Å². The van der Waals surface area contributed by atoms with Gasteiger partial charge in [0.1, 0.15) is 0 Å². The fourth-order valence-corrected chi connectivity index (χ4v) is 2.86. The van der Waals surface area contributed by atoms with Crippen molar-refractivity contribution in [1.82, 2.24) is 15.3 Å². The lowest BCUT2D eigenvalue weighted by Crippen LogP contribution is -2.36. The number of carbonyl (C=O) groups excluding carboxylic acids is 1. The summed E-state index contributed by atoms with van der Waals surface area (Å²) in [5.41, 5.74) is 3.06. The summed E-state index contributed by atoms with van der Waals surface area (Å²) in [4.78, 5) is 18.0. The Bertz CT molecular complexity index is 393. The first-order chi connectivity index (χ1) is 8.20. The summed E-state index contributed by atoms with van der Waals surface area (Å²) in [6.45, 7) is 4.20. The smallest absolute Gasteiger partial charge is 0.294 e. The van der Waals surface area contributed by atoms with E-state index in [1.165, 1.54) is 30.6 Å². The zero-order valence-corrected chi connectivity index (χ0v) is 10.8. The van der Waals surface area contributed by atoms with E-state index in [-0.39, 0.29) is 5.91 Å². The minimum atomic E-state index is -0.312. The molecule has 2 rings (SSSR count). The highest BCUT2D eigenvalue weighted by Crippen LogP contribution is 2.20. The van der Waals surface area contributed by atoms with E-state index in [1.54, 1.807) is 0 Å². The van der Waals surface area contributed by atoms with Gasteiger partial charge in [0.15, 0.2) is 5.01 Å². The summed E-state index contributed by atoms with van der Waals surface area (Å²) in [6.07, 6.45) is 3.82. The normalized spacial score (nSPS) is 21.4. The van der Waals surface area contributed by atoms with Crippen molar-refractivity contribution < 1.29 is 4.79 Å². The predicted octanol–water partition coefficient (Wildman–Crippen LogP) is 1.12. The highest BCUT2D eigenvalue weighted by Gasteiger charge is 2.19. The minimum absolute atomic E-state index is 0.312. The van der Waals surface area contributed by atoms with Crippen LogP contribution in [0.15, 0.2) is 5.38 Å². The lowest BCUT2D eigenvalue weighted by atomic mass is 10.0. The van der Waals surface area contributed by atoms with Crippen LogP contribution < -0.4 is 11.3 Å². The SMILES string of the molecule is CC1CCCCN1Cc1csc(C(=O)NN)n1. The van der Waals surface area contributed by atoms with Gasteiger partial charge in [-0.15, -0.1) is 11.3 Å². The number of amides is 1. The van der Waals surface area contributed by atoms with Crippen LogP contribution in [0.3, 0.4) is 0 Å². The molecule has 1 fully saturated rings. The van der Waals surface area contributed by atoms with E-state index < -0.39 is 0 Å². The van der Waals surface area contributed by atoms with Gasteiger partial charge < -0.3 is 0 Å². The number of piperidine rings is 1. The molecule has 1 aliphatic heterocycles. The Balaban J connectivity index is 1.98. The lowest BCUT2D eigenvalue weighted by molar-refractivity contribution is 0.0952. The molecule has 1 aromatic heterocycles. The van der Waals surface area contributed by atoms with Crippen LogP contribution in [0.2, 0.25) is 0 Å². The molecule has 0 saturated carbocycles. The molecule has 0 bridgehead atoms. The fraction of sp³-hybridized carbons (Fsp3) is 0.636. The van der Waals surface area contributed by atoms with Crippen LogP contribution in [0.4, 0.5) is 0 Å². The Labute approximate surface area is 105 Å². The van der Waals surface area contributed by atoms with Gasteiger partial charge in [0.2, 0.25) is 0 Å². The number of hydrogen-bond acceptors (Lipinski definition) is 5. The number of hydrogen-bond donors (Lipinski definition) is 2. The maximum atomic E-state index is 11.3. The number of likely N-dealkylation sites (tertiary alicyclic amines) is 1. The average Bonchev–Trinajstić information content (AvgIpc) is 2.80. The van der Waals surface area contributed by atoms with Gasteiger partial charge >= 0.3 is 0 Å². The van der Waals surface area contributed by atoms with Crippen molar-refractivity contribution in [3.05, 3.63) is 16.1 Å². The molecule has 2 heterocycles. The zero-order valence-electron chi connectivity index (χ0n) is 9.98. The van der Waals surface area contributed by atoms with E-state index in [4.69, 9.17) is 5.84 Å². The third-order valence-electron chi connectivity index (χ3n) is 3.18.